The number of hydrogen-bond donors (Lipinski definition) is 1. The zero-order valence-corrected chi connectivity index (χ0v) is 25.5. The molecule has 12 heteroatoms. The highest BCUT2D eigenvalue weighted by Gasteiger charge is 2.19. The first-order valence-electron chi connectivity index (χ1n) is 13.1. The second kappa shape index (κ2) is 13.1. The molecular formula is C30H30BCl2N5O4. The van der Waals surface area contributed by atoms with E-state index >= 15 is 0 Å². The SMILES string of the molecule is Bc1c(C)nc2c(OCc3c(Cl)ccc(N(C)C(=O)CNC(=O)/C=C/c4ccc(C(=O)N(C)C)cc4)c3Cl)cccn12. The minimum absolute atomic E-state index is 0.0595. The van der Waals surface area contributed by atoms with Gasteiger partial charge in [-0.05, 0) is 55.0 Å². The Bertz CT molecular complexity index is 1690. The van der Waals surface area contributed by atoms with Crippen LogP contribution in [-0.2, 0) is 16.2 Å². The van der Waals surface area contributed by atoms with Gasteiger partial charge in [-0.2, -0.15) is 0 Å². The summed E-state index contributed by atoms with van der Waals surface area (Å²) in [6, 6.07) is 13.8. The number of fused-ring (bicyclic) bond motifs is 1. The van der Waals surface area contributed by atoms with E-state index in [9.17, 15) is 14.4 Å². The highest BCUT2D eigenvalue weighted by Crippen LogP contribution is 2.35. The van der Waals surface area contributed by atoms with Crippen molar-refractivity contribution in [2.45, 2.75) is 13.5 Å². The Morgan fingerprint density at radius 2 is 1.79 bits per heavy atom. The Kier molecular flexibility index (Phi) is 9.60. The molecule has 0 fully saturated rings. The van der Waals surface area contributed by atoms with Gasteiger partial charge < -0.3 is 24.3 Å². The van der Waals surface area contributed by atoms with Gasteiger partial charge in [0.05, 0.1) is 17.3 Å². The van der Waals surface area contributed by atoms with Gasteiger partial charge in [0.25, 0.3) is 5.91 Å². The van der Waals surface area contributed by atoms with Crippen LogP contribution in [0, 0.1) is 6.92 Å². The lowest BCUT2D eigenvalue weighted by atomic mass is 10.0. The molecule has 0 saturated carbocycles. The Balaban J connectivity index is 1.38. The van der Waals surface area contributed by atoms with Crippen molar-refractivity contribution in [2.24, 2.45) is 0 Å². The van der Waals surface area contributed by atoms with E-state index in [1.54, 1.807) is 63.6 Å². The first-order valence-corrected chi connectivity index (χ1v) is 13.8. The fourth-order valence-electron chi connectivity index (χ4n) is 4.15. The Morgan fingerprint density at radius 3 is 2.48 bits per heavy atom. The van der Waals surface area contributed by atoms with Crippen molar-refractivity contribution in [3.63, 3.8) is 0 Å². The van der Waals surface area contributed by atoms with E-state index < -0.39 is 5.91 Å². The molecular weight excluding hydrogens is 576 g/mol. The number of carbonyl (C=O) groups is 3. The largest absolute Gasteiger partial charge is 0.485 e. The van der Waals surface area contributed by atoms with Crippen LogP contribution in [-0.4, -0.2) is 67.5 Å². The van der Waals surface area contributed by atoms with E-state index in [0.717, 1.165) is 16.9 Å². The Hall–Kier alpha value is -4.28. The summed E-state index contributed by atoms with van der Waals surface area (Å²) in [6.45, 7) is 1.75. The summed E-state index contributed by atoms with van der Waals surface area (Å²) in [7, 11) is 6.91. The van der Waals surface area contributed by atoms with Crippen molar-refractivity contribution >= 4 is 71.8 Å². The number of rotatable bonds is 9. The number of halogens is 2. The minimum Gasteiger partial charge on any atom is -0.485 e. The Morgan fingerprint density at radius 1 is 1.07 bits per heavy atom. The summed E-state index contributed by atoms with van der Waals surface area (Å²) in [6.07, 6.45) is 4.84. The summed E-state index contributed by atoms with van der Waals surface area (Å²) in [5, 5.41) is 3.24. The van der Waals surface area contributed by atoms with Gasteiger partial charge in [0.2, 0.25) is 11.8 Å². The number of aromatic nitrogens is 2. The molecule has 0 unspecified atom stereocenters. The highest BCUT2D eigenvalue weighted by molar-refractivity contribution is 6.38. The topological polar surface area (TPSA) is 96.2 Å². The van der Waals surface area contributed by atoms with E-state index in [1.807, 2.05) is 37.5 Å². The second-order valence-electron chi connectivity index (χ2n) is 9.82. The summed E-state index contributed by atoms with van der Waals surface area (Å²) in [5.41, 5.74) is 4.83. The van der Waals surface area contributed by atoms with Crippen molar-refractivity contribution in [1.82, 2.24) is 19.6 Å². The molecule has 0 aliphatic carbocycles. The Labute approximate surface area is 255 Å². The summed E-state index contributed by atoms with van der Waals surface area (Å²) in [4.78, 5) is 44.7. The quantitative estimate of drug-likeness (QED) is 0.233. The molecule has 2 aromatic heterocycles. The normalized spacial score (nSPS) is 11.1. The smallest absolute Gasteiger partial charge is 0.253 e. The fourth-order valence-corrected chi connectivity index (χ4v) is 4.76. The van der Waals surface area contributed by atoms with Crippen LogP contribution < -0.4 is 20.5 Å². The lowest BCUT2D eigenvalue weighted by molar-refractivity contribution is -0.122. The average Bonchev–Trinajstić information content (AvgIpc) is 3.27. The third-order valence-corrected chi connectivity index (χ3v) is 7.54. The van der Waals surface area contributed by atoms with Gasteiger partial charge >= 0.3 is 0 Å². The van der Waals surface area contributed by atoms with E-state index in [1.165, 1.54) is 15.9 Å². The van der Waals surface area contributed by atoms with E-state index in [4.69, 9.17) is 27.9 Å². The number of benzene rings is 2. The number of likely N-dealkylation sites (N-methyl/N-ethyl adjacent to an activating group) is 1. The number of pyridine rings is 1. The molecule has 0 saturated heterocycles. The molecule has 1 N–H and O–H groups in total. The maximum atomic E-state index is 12.9. The number of nitrogens with zero attached hydrogens (tertiary/aromatic N) is 4. The highest BCUT2D eigenvalue weighted by atomic mass is 35.5. The number of imidazole rings is 1. The van der Waals surface area contributed by atoms with Crippen molar-refractivity contribution in [3.05, 3.63) is 93.2 Å². The second-order valence-corrected chi connectivity index (χ2v) is 10.6. The van der Waals surface area contributed by atoms with Gasteiger partial charge in [-0.25, -0.2) is 4.98 Å². The maximum Gasteiger partial charge on any atom is 0.253 e. The van der Waals surface area contributed by atoms with Crippen LogP contribution in [0.25, 0.3) is 11.7 Å². The summed E-state index contributed by atoms with van der Waals surface area (Å²) in [5.74, 6) is -0.361. The van der Waals surface area contributed by atoms with Crippen LogP contribution in [0.15, 0.2) is 60.8 Å². The molecule has 0 spiro atoms. The van der Waals surface area contributed by atoms with Gasteiger partial charge in [-0.1, -0.05) is 35.3 Å². The number of ether oxygens (including phenoxy) is 1. The predicted molar refractivity (Wildman–Crippen MR) is 169 cm³/mol. The van der Waals surface area contributed by atoms with Crippen LogP contribution in [0.3, 0.4) is 0 Å². The van der Waals surface area contributed by atoms with Crippen molar-refractivity contribution in [3.8, 4) is 5.75 Å². The van der Waals surface area contributed by atoms with Crippen LogP contribution >= 0.6 is 23.2 Å². The zero-order valence-electron chi connectivity index (χ0n) is 23.9. The molecule has 0 aliphatic rings. The van der Waals surface area contributed by atoms with Gasteiger partial charge in [0.1, 0.15) is 6.61 Å². The molecule has 9 nitrogen and oxygen atoms in total. The number of aryl methyl sites for hydroxylation is 1. The van der Waals surface area contributed by atoms with Crippen LogP contribution in [0.2, 0.25) is 10.0 Å². The zero-order chi connectivity index (χ0) is 30.6. The van der Waals surface area contributed by atoms with Crippen molar-refractivity contribution in [1.29, 1.82) is 0 Å². The molecule has 3 amide bonds. The van der Waals surface area contributed by atoms with Crippen molar-refractivity contribution in [2.75, 3.05) is 32.6 Å². The number of nitrogens with one attached hydrogen (secondary N) is 1. The third-order valence-electron chi connectivity index (χ3n) is 6.77. The number of anilines is 1. The number of amides is 3. The average molecular weight is 606 g/mol. The van der Waals surface area contributed by atoms with Crippen LogP contribution in [0.1, 0.15) is 27.2 Å². The van der Waals surface area contributed by atoms with Crippen LogP contribution in [0.5, 0.6) is 5.75 Å². The number of hydrogen-bond acceptors (Lipinski definition) is 5. The van der Waals surface area contributed by atoms with Gasteiger partial charge in [-0.15, -0.1) is 0 Å². The molecule has 216 valence electrons. The fraction of sp³-hybridized carbons (Fsp3) is 0.200. The predicted octanol–water partition coefficient (Wildman–Crippen LogP) is 3.28. The molecule has 0 radical (unpaired) electrons. The van der Waals surface area contributed by atoms with E-state index in [-0.39, 0.29) is 30.0 Å². The molecule has 0 aliphatic heterocycles. The molecule has 2 heterocycles. The molecule has 0 bridgehead atoms. The van der Waals surface area contributed by atoms with Crippen LogP contribution in [0.4, 0.5) is 5.69 Å². The first-order chi connectivity index (χ1) is 20.0. The van der Waals surface area contributed by atoms with Crippen molar-refractivity contribution < 1.29 is 19.1 Å². The van der Waals surface area contributed by atoms with E-state index in [0.29, 0.717) is 33.2 Å². The number of carbonyl (C=O) groups excluding carboxylic acids is 3. The monoisotopic (exact) mass is 605 g/mol. The third kappa shape index (κ3) is 6.78. The standard InChI is InChI=1S/C30H30BCl2N5O4/c1-18-28(31)38-15-5-6-24(29(38)35-18)42-17-21-22(32)12-13-23(27(21)33)37(4)26(40)16-34-25(39)14-9-19-7-10-20(11-8-19)30(41)36(2)3/h5-15H,16-17,31H2,1-4H3,(H,34,39)/b14-9+. The van der Waals surface area contributed by atoms with Gasteiger partial charge in [0, 0.05) is 60.9 Å². The van der Waals surface area contributed by atoms with Gasteiger partial charge in [0.15, 0.2) is 19.2 Å². The molecule has 0 atom stereocenters. The first kappa shape index (κ1) is 30.7. The molecule has 4 aromatic rings. The van der Waals surface area contributed by atoms with Gasteiger partial charge in [-0.3, -0.25) is 14.4 Å². The van der Waals surface area contributed by atoms with E-state index in [2.05, 4.69) is 10.3 Å². The lowest BCUT2D eigenvalue weighted by Gasteiger charge is -2.21. The molecule has 4 rings (SSSR count). The lowest BCUT2D eigenvalue weighted by Crippen LogP contribution is -2.37. The summed E-state index contributed by atoms with van der Waals surface area (Å²) >= 11 is 13.1. The molecule has 42 heavy (non-hydrogen) atoms. The summed E-state index contributed by atoms with van der Waals surface area (Å²) < 4.78 is 8.01. The molecule has 2 aromatic carbocycles. The minimum atomic E-state index is -0.444. The maximum absolute atomic E-state index is 12.9.